The van der Waals surface area contributed by atoms with Gasteiger partial charge in [0.1, 0.15) is 11.9 Å². The van der Waals surface area contributed by atoms with E-state index in [1.165, 1.54) is 0 Å². The molecule has 1 fully saturated rings. The Hall–Kier alpha value is -2.89. The third-order valence-corrected chi connectivity index (χ3v) is 5.19. The maximum absolute atomic E-state index is 12.9. The molecule has 140 valence electrons. The molecule has 6 nitrogen and oxygen atoms in total. The first kappa shape index (κ1) is 16.3. The zero-order valence-electron chi connectivity index (χ0n) is 15.2. The van der Waals surface area contributed by atoms with Crippen LogP contribution >= 0.6 is 0 Å². The van der Waals surface area contributed by atoms with E-state index < -0.39 is 0 Å². The third kappa shape index (κ3) is 3.27. The average molecular weight is 366 g/mol. The highest BCUT2D eigenvalue weighted by molar-refractivity contribution is 5.90. The van der Waals surface area contributed by atoms with E-state index in [0.717, 1.165) is 53.3 Å². The van der Waals surface area contributed by atoms with Crippen LogP contribution in [0.3, 0.4) is 0 Å². The van der Waals surface area contributed by atoms with Crippen molar-refractivity contribution in [3.05, 3.63) is 47.5 Å². The van der Waals surface area contributed by atoms with Gasteiger partial charge in [-0.15, -0.1) is 0 Å². The van der Waals surface area contributed by atoms with Crippen molar-refractivity contribution in [1.82, 2.24) is 4.90 Å². The van der Waals surface area contributed by atoms with Crippen LogP contribution < -0.4 is 19.5 Å². The summed E-state index contributed by atoms with van der Waals surface area (Å²) in [6.45, 7) is 2.86. The normalized spacial score (nSPS) is 19.4. The molecule has 27 heavy (non-hydrogen) atoms. The lowest BCUT2D eigenvalue weighted by Crippen LogP contribution is -2.36. The number of carbonyl (C=O) groups is 1. The fourth-order valence-corrected chi connectivity index (χ4v) is 3.68. The summed E-state index contributed by atoms with van der Waals surface area (Å²) in [5, 5.41) is 3.06. The van der Waals surface area contributed by atoms with Crippen molar-refractivity contribution < 1.29 is 19.0 Å². The third-order valence-electron chi connectivity index (χ3n) is 5.19. The Morgan fingerprint density at radius 3 is 2.78 bits per heavy atom. The second kappa shape index (κ2) is 6.37. The number of fused-ring (bicyclic) bond motifs is 2. The largest absolute Gasteiger partial charge is 0.490 e. The number of urea groups is 1. The quantitative estimate of drug-likeness (QED) is 0.891. The van der Waals surface area contributed by atoms with Gasteiger partial charge < -0.3 is 24.4 Å². The molecule has 0 unspecified atom stereocenters. The second-order valence-electron chi connectivity index (χ2n) is 7.43. The van der Waals surface area contributed by atoms with Crippen LogP contribution in [0.25, 0.3) is 0 Å². The summed E-state index contributed by atoms with van der Waals surface area (Å²) < 4.78 is 16.5. The Balaban J connectivity index is 1.31. The van der Waals surface area contributed by atoms with Gasteiger partial charge in [0.2, 0.25) is 6.79 Å². The number of anilines is 1. The first-order chi connectivity index (χ1) is 13.2. The van der Waals surface area contributed by atoms with E-state index in [2.05, 4.69) is 12.2 Å². The maximum Gasteiger partial charge on any atom is 0.322 e. The summed E-state index contributed by atoms with van der Waals surface area (Å²) in [7, 11) is 0. The predicted molar refractivity (Wildman–Crippen MR) is 100 cm³/mol. The molecule has 2 heterocycles. The molecule has 2 aromatic rings. The zero-order valence-corrected chi connectivity index (χ0v) is 15.2. The number of amides is 2. The molecule has 1 N–H and O–H groups in total. The van der Waals surface area contributed by atoms with Crippen LogP contribution in [0.4, 0.5) is 10.5 Å². The molecule has 1 aliphatic carbocycles. The molecule has 2 amide bonds. The Kier molecular flexibility index (Phi) is 3.85. The first-order valence-electron chi connectivity index (χ1n) is 9.41. The highest BCUT2D eigenvalue weighted by atomic mass is 16.7. The lowest BCUT2D eigenvalue weighted by Gasteiger charge is -2.23. The molecule has 3 aliphatic rings. The summed E-state index contributed by atoms with van der Waals surface area (Å²) in [6.07, 6.45) is 3.17. The van der Waals surface area contributed by atoms with Gasteiger partial charge in [-0.2, -0.15) is 0 Å². The summed E-state index contributed by atoms with van der Waals surface area (Å²) in [4.78, 5) is 14.8. The molecule has 2 aliphatic heterocycles. The minimum atomic E-state index is -0.0675. The Morgan fingerprint density at radius 2 is 1.93 bits per heavy atom. The number of carbonyl (C=O) groups excluding carboxylic acids is 1. The van der Waals surface area contributed by atoms with Gasteiger partial charge in [-0.05, 0) is 61.2 Å². The van der Waals surface area contributed by atoms with E-state index in [4.69, 9.17) is 14.2 Å². The molecule has 0 aromatic heterocycles. The number of benzene rings is 2. The van der Waals surface area contributed by atoms with Gasteiger partial charge in [0.15, 0.2) is 11.5 Å². The molecular weight excluding hydrogens is 344 g/mol. The Labute approximate surface area is 158 Å². The Bertz CT molecular complexity index is 894. The number of hydrogen-bond donors (Lipinski definition) is 1. The van der Waals surface area contributed by atoms with Crippen molar-refractivity contribution in [3.63, 3.8) is 0 Å². The van der Waals surface area contributed by atoms with Gasteiger partial charge in [0, 0.05) is 24.7 Å². The first-order valence-corrected chi connectivity index (χ1v) is 9.41. The molecule has 5 rings (SSSR count). The second-order valence-corrected chi connectivity index (χ2v) is 7.43. The predicted octanol–water partition coefficient (Wildman–Crippen LogP) is 3.94. The monoisotopic (exact) mass is 366 g/mol. The van der Waals surface area contributed by atoms with Crippen LogP contribution in [-0.4, -0.2) is 29.9 Å². The van der Waals surface area contributed by atoms with Crippen molar-refractivity contribution in [2.45, 2.75) is 44.9 Å². The van der Waals surface area contributed by atoms with E-state index in [9.17, 15) is 4.79 Å². The molecule has 2 aromatic carbocycles. The summed E-state index contributed by atoms with van der Waals surface area (Å²) in [5.41, 5.74) is 3.00. The molecule has 0 radical (unpaired) electrons. The number of ether oxygens (including phenoxy) is 3. The van der Waals surface area contributed by atoms with Crippen LogP contribution in [-0.2, 0) is 13.0 Å². The lowest BCUT2D eigenvalue weighted by atomic mass is 10.1. The fraction of sp³-hybridized carbons (Fsp3) is 0.381. The highest BCUT2D eigenvalue weighted by Crippen LogP contribution is 2.35. The van der Waals surface area contributed by atoms with E-state index in [0.29, 0.717) is 12.6 Å². The van der Waals surface area contributed by atoms with E-state index in [1.54, 1.807) is 0 Å². The van der Waals surface area contributed by atoms with Crippen LogP contribution in [0.1, 0.15) is 30.9 Å². The molecule has 0 bridgehead atoms. The van der Waals surface area contributed by atoms with Gasteiger partial charge >= 0.3 is 6.03 Å². The molecular formula is C21H22N2O4. The summed E-state index contributed by atoms with van der Waals surface area (Å²) in [6, 6.07) is 11.9. The van der Waals surface area contributed by atoms with E-state index >= 15 is 0 Å². The van der Waals surface area contributed by atoms with Crippen molar-refractivity contribution in [2.75, 3.05) is 12.1 Å². The summed E-state index contributed by atoms with van der Waals surface area (Å²) in [5.74, 6) is 2.42. The van der Waals surface area contributed by atoms with E-state index in [-0.39, 0.29) is 18.9 Å². The Morgan fingerprint density at radius 1 is 1.11 bits per heavy atom. The van der Waals surface area contributed by atoms with Gasteiger partial charge in [-0.25, -0.2) is 4.79 Å². The SMILES string of the molecule is C[C@@H]1Cc2cc(NC(=O)N(Cc3ccc4c(c3)OCO4)C3CC3)ccc2O1. The van der Waals surface area contributed by atoms with Crippen LogP contribution in [0, 0.1) is 0 Å². The molecule has 1 atom stereocenters. The maximum atomic E-state index is 12.9. The van der Waals surface area contributed by atoms with Crippen molar-refractivity contribution >= 4 is 11.7 Å². The lowest BCUT2D eigenvalue weighted by molar-refractivity contribution is 0.174. The van der Waals surface area contributed by atoms with Crippen molar-refractivity contribution in [1.29, 1.82) is 0 Å². The van der Waals surface area contributed by atoms with Gasteiger partial charge in [-0.1, -0.05) is 6.07 Å². The molecule has 1 saturated carbocycles. The molecule has 0 spiro atoms. The van der Waals surface area contributed by atoms with Crippen LogP contribution in [0.2, 0.25) is 0 Å². The number of nitrogens with zero attached hydrogens (tertiary/aromatic N) is 1. The van der Waals surface area contributed by atoms with Crippen molar-refractivity contribution in [3.8, 4) is 17.2 Å². The molecule has 0 saturated heterocycles. The number of rotatable bonds is 4. The van der Waals surface area contributed by atoms with Gasteiger partial charge in [0.25, 0.3) is 0 Å². The number of nitrogens with one attached hydrogen (secondary N) is 1. The number of hydrogen-bond acceptors (Lipinski definition) is 4. The van der Waals surface area contributed by atoms with Gasteiger partial charge in [-0.3, -0.25) is 0 Å². The fourth-order valence-electron chi connectivity index (χ4n) is 3.68. The minimum Gasteiger partial charge on any atom is -0.490 e. The molecule has 6 heteroatoms. The van der Waals surface area contributed by atoms with Crippen LogP contribution in [0.5, 0.6) is 17.2 Å². The average Bonchev–Trinajstić information content (AvgIpc) is 3.26. The highest BCUT2D eigenvalue weighted by Gasteiger charge is 2.33. The topological polar surface area (TPSA) is 60.0 Å². The van der Waals surface area contributed by atoms with E-state index in [1.807, 2.05) is 41.3 Å². The van der Waals surface area contributed by atoms with Gasteiger partial charge in [0.05, 0.1) is 0 Å². The minimum absolute atomic E-state index is 0.0675. The standard InChI is InChI=1S/C21H22N2O4/c1-13-8-15-10-16(3-7-18(15)27-13)22-21(24)23(17-4-5-17)11-14-2-6-19-20(9-14)26-12-25-19/h2-3,6-7,9-10,13,17H,4-5,8,11-12H2,1H3,(H,22,24)/t13-/m1/s1. The van der Waals surface area contributed by atoms with Crippen LogP contribution in [0.15, 0.2) is 36.4 Å². The van der Waals surface area contributed by atoms with Crippen molar-refractivity contribution in [2.24, 2.45) is 0 Å². The zero-order chi connectivity index (χ0) is 18.4. The smallest absolute Gasteiger partial charge is 0.322 e. The summed E-state index contributed by atoms with van der Waals surface area (Å²) >= 11 is 0.